The van der Waals surface area contributed by atoms with Crippen molar-refractivity contribution in [3.05, 3.63) is 34.7 Å². The standard InChI is InChI=1S/C15H14ClF3N2OS/c16-11-4-2-1-3-10(11)12-9-23-13(20-12)21-7-5-14(22,6-8-21)15(17,18)19/h1-4,9,22H,5-8H2. The Kier molecular flexibility index (Phi) is 4.29. The number of nitrogens with zero attached hydrogens (tertiary/aromatic N) is 2. The summed E-state index contributed by atoms with van der Waals surface area (Å²) in [7, 11) is 0. The van der Waals surface area contributed by atoms with Crippen LogP contribution in [0.3, 0.4) is 0 Å². The fourth-order valence-corrected chi connectivity index (χ4v) is 3.67. The van der Waals surface area contributed by atoms with E-state index in [0.29, 0.717) is 15.8 Å². The zero-order valence-corrected chi connectivity index (χ0v) is 13.5. The number of piperidine rings is 1. The molecule has 0 saturated carbocycles. The molecule has 0 unspecified atom stereocenters. The van der Waals surface area contributed by atoms with Gasteiger partial charge in [-0.25, -0.2) is 4.98 Å². The second-order valence-corrected chi connectivity index (χ2v) is 6.76. The van der Waals surface area contributed by atoms with Gasteiger partial charge in [0.2, 0.25) is 0 Å². The predicted molar refractivity (Wildman–Crippen MR) is 85.0 cm³/mol. The number of aromatic nitrogens is 1. The summed E-state index contributed by atoms with van der Waals surface area (Å²) in [4.78, 5) is 6.24. The lowest BCUT2D eigenvalue weighted by Gasteiger charge is -2.38. The van der Waals surface area contributed by atoms with Crippen LogP contribution in [-0.2, 0) is 0 Å². The molecule has 1 saturated heterocycles. The third-order valence-corrected chi connectivity index (χ3v) is 5.26. The average Bonchev–Trinajstić information content (AvgIpc) is 2.97. The minimum absolute atomic E-state index is 0.117. The maximum atomic E-state index is 12.8. The third kappa shape index (κ3) is 3.18. The van der Waals surface area contributed by atoms with Crippen molar-refractivity contribution in [1.82, 2.24) is 4.98 Å². The van der Waals surface area contributed by atoms with Gasteiger partial charge in [-0.05, 0) is 6.07 Å². The third-order valence-electron chi connectivity index (χ3n) is 4.03. The molecule has 0 radical (unpaired) electrons. The minimum atomic E-state index is -4.59. The van der Waals surface area contributed by atoms with Crippen LogP contribution in [0.25, 0.3) is 11.3 Å². The van der Waals surface area contributed by atoms with Crippen LogP contribution in [0.4, 0.5) is 18.3 Å². The number of hydrogen-bond acceptors (Lipinski definition) is 4. The number of anilines is 1. The summed E-state index contributed by atoms with van der Waals surface area (Å²) in [6.07, 6.45) is -5.29. The van der Waals surface area contributed by atoms with E-state index in [1.54, 1.807) is 11.0 Å². The zero-order chi connectivity index (χ0) is 16.7. The molecule has 2 aromatic rings. The van der Waals surface area contributed by atoms with Gasteiger partial charge in [-0.3, -0.25) is 0 Å². The van der Waals surface area contributed by atoms with Gasteiger partial charge in [0.1, 0.15) is 0 Å². The molecule has 0 aliphatic carbocycles. The van der Waals surface area contributed by atoms with E-state index < -0.39 is 11.8 Å². The van der Waals surface area contributed by atoms with Crippen molar-refractivity contribution in [1.29, 1.82) is 0 Å². The fraction of sp³-hybridized carbons (Fsp3) is 0.400. The Bertz CT molecular complexity index is 696. The van der Waals surface area contributed by atoms with E-state index >= 15 is 0 Å². The molecule has 8 heteroatoms. The van der Waals surface area contributed by atoms with Crippen LogP contribution in [0.2, 0.25) is 5.02 Å². The molecule has 1 fully saturated rings. The first-order valence-electron chi connectivity index (χ1n) is 7.05. The summed E-state index contributed by atoms with van der Waals surface area (Å²) < 4.78 is 38.5. The van der Waals surface area contributed by atoms with Gasteiger partial charge in [0, 0.05) is 41.9 Å². The van der Waals surface area contributed by atoms with E-state index in [4.69, 9.17) is 11.6 Å². The smallest absolute Gasteiger partial charge is 0.380 e. The first-order chi connectivity index (χ1) is 10.8. The summed E-state index contributed by atoms with van der Waals surface area (Å²) >= 11 is 7.49. The van der Waals surface area contributed by atoms with E-state index in [2.05, 4.69) is 4.98 Å². The fourth-order valence-electron chi connectivity index (χ4n) is 2.55. The molecule has 0 bridgehead atoms. The van der Waals surface area contributed by atoms with Crippen molar-refractivity contribution in [2.24, 2.45) is 0 Å². The number of halogens is 4. The number of aliphatic hydroxyl groups is 1. The van der Waals surface area contributed by atoms with Crippen molar-refractivity contribution in [3.8, 4) is 11.3 Å². The molecule has 1 aliphatic rings. The predicted octanol–water partition coefficient (Wildman–Crippen LogP) is 4.36. The summed E-state index contributed by atoms with van der Waals surface area (Å²) in [5.74, 6) is 0. The zero-order valence-electron chi connectivity index (χ0n) is 12.0. The van der Waals surface area contributed by atoms with Crippen LogP contribution >= 0.6 is 22.9 Å². The van der Waals surface area contributed by atoms with E-state index in [-0.39, 0.29) is 25.9 Å². The van der Waals surface area contributed by atoms with Crippen LogP contribution in [0, 0.1) is 0 Å². The Morgan fingerprint density at radius 1 is 1.22 bits per heavy atom. The quantitative estimate of drug-likeness (QED) is 0.862. The highest BCUT2D eigenvalue weighted by molar-refractivity contribution is 7.14. The molecule has 0 amide bonds. The monoisotopic (exact) mass is 362 g/mol. The molecule has 3 rings (SSSR count). The lowest BCUT2D eigenvalue weighted by Crippen LogP contribution is -2.53. The Balaban J connectivity index is 1.75. The number of alkyl halides is 3. The maximum Gasteiger partial charge on any atom is 0.417 e. The number of rotatable bonds is 2. The Labute approximate surface area is 140 Å². The molecule has 1 aromatic heterocycles. The van der Waals surface area contributed by atoms with Crippen LogP contribution in [0.1, 0.15) is 12.8 Å². The summed E-state index contributed by atoms with van der Waals surface area (Å²) in [5, 5.41) is 12.8. The van der Waals surface area contributed by atoms with E-state index in [1.165, 1.54) is 11.3 Å². The Morgan fingerprint density at radius 3 is 2.48 bits per heavy atom. The number of thiazole rings is 1. The van der Waals surface area contributed by atoms with Crippen LogP contribution in [0.5, 0.6) is 0 Å². The number of hydrogen-bond donors (Lipinski definition) is 1. The van der Waals surface area contributed by atoms with Gasteiger partial charge in [-0.2, -0.15) is 13.2 Å². The second kappa shape index (κ2) is 5.96. The van der Waals surface area contributed by atoms with Crippen molar-refractivity contribution in [3.63, 3.8) is 0 Å². The molecular formula is C15H14ClF3N2OS. The minimum Gasteiger partial charge on any atom is -0.380 e. The maximum absolute atomic E-state index is 12.8. The molecule has 1 aliphatic heterocycles. The second-order valence-electron chi connectivity index (χ2n) is 5.51. The van der Waals surface area contributed by atoms with Crippen LogP contribution in [-0.4, -0.2) is 35.0 Å². The van der Waals surface area contributed by atoms with Crippen LogP contribution in [0.15, 0.2) is 29.6 Å². The van der Waals surface area contributed by atoms with Crippen LogP contribution < -0.4 is 4.90 Å². The van der Waals surface area contributed by atoms with Crippen molar-refractivity contribution >= 4 is 28.1 Å². The summed E-state index contributed by atoms with van der Waals surface area (Å²) in [5.41, 5.74) is -1.10. The molecule has 1 aromatic carbocycles. The topological polar surface area (TPSA) is 36.4 Å². The van der Waals surface area contributed by atoms with Gasteiger partial charge >= 0.3 is 6.18 Å². The highest BCUT2D eigenvalue weighted by Gasteiger charge is 2.54. The van der Waals surface area contributed by atoms with E-state index in [9.17, 15) is 18.3 Å². The Morgan fingerprint density at radius 2 is 1.87 bits per heavy atom. The summed E-state index contributed by atoms with van der Waals surface area (Å²) in [6.45, 7) is 0.233. The van der Waals surface area contributed by atoms with Crippen molar-refractivity contribution in [2.75, 3.05) is 18.0 Å². The molecule has 1 N–H and O–H groups in total. The largest absolute Gasteiger partial charge is 0.417 e. The van der Waals surface area contributed by atoms with Crippen molar-refractivity contribution in [2.45, 2.75) is 24.6 Å². The molecule has 3 nitrogen and oxygen atoms in total. The highest BCUT2D eigenvalue weighted by Crippen LogP contribution is 2.40. The lowest BCUT2D eigenvalue weighted by atomic mass is 9.91. The first kappa shape index (κ1) is 16.5. The average molecular weight is 363 g/mol. The normalized spacial score (nSPS) is 18.2. The number of benzene rings is 1. The highest BCUT2D eigenvalue weighted by atomic mass is 35.5. The van der Waals surface area contributed by atoms with Crippen molar-refractivity contribution < 1.29 is 18.3 Å². The SMILES string of the molecule is OC1(C(F)(F)F)CCN(c2nc(-c3ccccc3Cl)cs2)CC1. The van der Waals surface area contributed by atoms with E-state index in [1.807, 2.05) is 23.6 Å². The molecule has 0 atom stereocenters. The molecule has 124 valence electrons. The first-order valence-corrected chi connectivity index (χ1v) is 8.30. The molecule has 0 spiro atoms. The van der Waals surface area contributed by atoms with Gasteiger partial charge < -0.3 is 10.0 Å². The Hall–Kier alpha value is -1.31. The van der Waals surface area contributed by atoms with Gasteiger partial charge in [0.15, 0.2) is 10.7 Å². The van der Waals surface area contributed by atoms with E-state index in [0.717, 1.165) is 5.56 Å². The summed E-state index contributed by atoms with van der Waals surface area (Å²) in [6, 6.07) is 7.28. The lowest BCUT2D eigenvalue weighted by molar-refractivity contribution is -0.266. The molecule has 2 heterocycles. The van der Waals surface area contributed by atoms with Gasteiger partial charge in [-0.1, -0.05) is 29.8 Å². The molecule has 23 heavy (non-hydrogen) atoms. The van der Waals surface area contributed by atoms with Gasteiger partial charge in [-0.15, -0.1) is 11.3 Å². The van der Waals surface area contributed by atoms with Gasteiger partial charge in [0.05, 0.1) is 5.69 Å². The van der Waals surface area contributed by atoms with Gasteiger partial charge in [0.25, 0.3) is 0 Å². The molecular weight excluding hydrogens is 349 g/mol.